The fourth-order valence-corrected chi connectivity index (χ4v) is 5.78. The van der Waals surface area contributed by atoms with Crippen LogP contribution in [-0.2, 0) is 15.1 Å². The van der Waals surface area contributed by atoms with Crippen molar-refractivity contribution in [2.24, 2.45) is 0 Å². The van der Waals surface area contributed by atoms with E-state index < -0.39 is 19.7 Å². The average Bonchev–Trinajstić information content (AvgIpc) is 2.82. The van der Waals surface area contributed by atoms with Gasteiger partial charge in [-0.2, -0.15) is 0 Å². The van der Waals surface area contributed by atoms with Gasteiger partial charge in [0.2, 0.25) is 0 Å². The van der Waals surface area contributed by atoms with Gasteiger partial charge in [0.15, 0.2) is 5.54 Å². The number of anilines is 2. The summed E-state index contributed by atoms with van der Waals surface area (Å²) in [5.74, 6) is -0.118. The summed E-state index contributed by atoms with van der Waals surface area (Å²) >= 11 is 0. The zero-order valence-corrected chi connectivity index (χ0v) is 16.9. The summed E-state index contributed by atoms with van der Waals surface area (Å²) in [5.41, 5.74) is 1.40. The van der Waals surface area contributed by atoms with Crippen molar-refractivity contribution in [3.63, 3.8) is 0 Å². The zero-order chi connectivity index (χ0) is 19.2. The Hall–Kier alpha value is -2.60. The Bertz CT molecular complexity index is 894. The lowest BCUT2D eigenvalue weighted by Gasteiger charge is -2.39. The fraction of sp³-hybridized carbons (Fsp3) is 0.333. The monoisotopic (exact) mass is 380 g/mol. The van der Waals surface area contributed by atoms with E-state index in [2.05, 4.69) is 25.0 Å². The highest BCUT2D eigenvalue weighted by Gasteiger charge is 2.56. The third-order valence-corrected chi connectivity index (χ3v) is 6.83. The standard InChI is InChI=1S/C21H24N2O3Si/c1-27(2,3)14-16-13-21(22-20(25)26-16)17-11-7-8-12-18(17)23(19(21)24)15-9-5-4-6-10-15/h4-12,16H,13-14H2,1-3H3,(H,22,25)/t16-,21+/m0/s1. The summed E-state index contributed by atoms with van der Waals surface area (Å²) in [5, 5.41) is 2.88. The molecule has 2 aliphatic rings. The number of hydrogen-bond donors (Lipinski definition) is 1. The molecule has 6 heteroatoms. The van der Waals surface area contributed by atoms with Crippen molar-refractivity contribution < 1.29 is 14.3 Å². The lowest BCUT2D eigenvalue weighted by atomic mass is 9.85. The van der Waals surface area contributed by atoms with Crippen molar-refractivity contribution >= 4 is 31.4 Å². The molecule has 2 aromatic carbocycles. The van der Waals surface area contributed by atoms with Crippen LogP contribution in [0.3, 0.4) is 0 Å². The van der Waals surface area contributed by atoms with Crippen molar-refractivity contribution in [3.8, 4) is 0 Å². The van der Waals surface area contributed by atoms with Crippen molar-refractivity contribution in [2.75, 3.05) is 4.90 Å². The number of fused-ring (bicyclic) bond motifs is 2. The first kappa shape index (κ1) is 17.8. The van der Waals surface area contributed by atoms with Crippen LogP contribution in [-0.4, -0.2) is 26.2 Å². The van der Waals surface area contributed by atoms with Gasteiger partial charge in [-0.3, -0.25) is 9.69 Å². The number of nitrogens with zero attached hydrogens (tertiary/aromatic N) is 1. The number of ether oxygens (including phenoxy) is 1. The molecule has 0 bridgehead atoms. The summed E-state index contributed by atoms with van der Waals surface area (Å²) < 4.78 is 5.57. The molecular weight excluding hydrogens is 356 g/mol. The molecule has 2 aliphatic heterocycles. The maximum atomic E-state index is 13.7. The Labute approximate surface area is 160 Å². The lowest BCUT2D eigenvalue weighted by molar-refractivity contribution is -0.126. The van der Waals surface area contributed by atoms with Crippen molar-refractivity contribution in [2.45, 2.75) is 43.7 Å². The number of rotatable bonds is 3. The number of carbonyl (C=O) groups is 2. The normalized spacial score (nSPS) is 24.6. The van der Waals surface area contributed by atoms with Gasteiger partial charge in [-0.05, 0) is 24.2 Å². The minimum atomic E-state index is -1.47. The number of para-hydroxylation sites is 2. The van der Waals surface area contributed by atoms with Gasteiger partial charge in [-0.1, -0.05) is 56.0 Å². The van der Waals surface area contributed by atoms with Gasteiger partial charge in [-0.25, -0.2) is 4.79 Å². The molecule has 2 heterocycles. The Morgan fingerprint density at radius 3 is 2.44 bits per heavy atom. The quantitative estimate of drug-likeness (QED) is 0.803. The second-order valence-corrected chi connectivity index (χ2v) is 14.0. The van der Waals surface area contributed by atoms with Crippen molar-refractivity contribution in [1.82, 2.24) is 5.32 Å². The molecule has 0 aliphatic carbocycles. The van der Waals surface area contributed by atoms with E-state index in [1.807, 2.05) is 54.6 Å². The number of amides is 2. The van der Waals surface area contributed by atoms with Crippen LogP contribution in [0.1, 0.15) is 12.0 Å². The Balaban J connectivity index is 1.80. The highest BCUT2D eigenvalue weighted by Crippen LogP contribution is 2.48. The van der Waals surface area contributed by atoms with Crippen LogP contribution in [0.25, 0.3) is 0 Å². The molecule has 140 valence electrons. The van der Waals surface area contributed by atoms with Crippen LogP contribution < -0.4 is 10.2 Å². The van der Waals surface area contributed by atoms with Gasteiger partial charge in [-0.15, -0.1) is 0 Å². The summed E-state index contributed by atoms with van der Waals surface area (Å²) in [7, 11) is -1.47. The smallest absolute Gasteiger partial charge is 0.408 e. The van der Waals surface area contributed by atoms with Crippen LogP contribution >= 0.6 is 0 Å². The predicted molar refractivity (Wildman–Crippen MR) is 108 cm³/mol. The summed E-state index contributed by atoms with van der Waals surface area (Å²) in [6.45, 7) is 6.74. The molecule has 2 amide bonds. The molecule has 27 heavy (non-hydrogen) atoms. The predicted octanol–water partition coefficient (Wildman–Crippen LogP) is 4.40. The van der Waals surface area contributed by atoms with Crippen molar-refractivity contribution in [1.29, 1.82) is 0 Å². The Morgan fingerprint density at radius 2 is 1.74 bits per heavy atom. The number of alkyl carbamates (subject to hydrolysis) is 1. The molecule has 1 saturated heterocycles. The van der Waals surface area contributed by atoms with Crippen LogP contribution in [0.15, 0.2) is 54.6 Å². The first-order valence-electron chi connectivity index (χ1n) is 9.28. The maximum Gasteiger partial charge on any atom is 0.408 e. The topological polar surface area (TPSA) is 58.6 Å². The van der Waals surface area contributed by atoms with Gasteiger partial charge in [0.05, 0.1) is 5.69 Å². The molecule has 0 radical (unpaired) electrons. The van der Waals surface area contributed by atoms with E-state index in [1.165, 1.54) is 0 Å². The van der Waals surface area contributed by atoms with Gasteiger partial charge < -0.3 is 10.1 Å². The maximum absolute atomic E-state index is 13.7. The molecule has 1 fully saturated rings. The molecule has 0 unspecified atom stereocenters. The first-order chi connectivity index (χ1) is 12.8. The number of nitrogens with one attached hydrogen (secondary N) is 1. The molecule has 0 saturated carbocycles. The van der Waals surface area contributed by atoms with Crippen molar-refractivity contribution in [3.05, 3.63) is 60.2 Å². The SMILES string of the molecule is C[Si](C)(C)C[C@@H]1C[C@]2(NC(=O)O1)C(=O)N(c1ccccc1)c1ccccc12. The van der Waals surface area contributed by atoms with E-state index in [1.54, 1.807) is 4.90 Å². The highest BCUT2D eigenvalue weighted by atomic mass is 28.3. The molecule has 5 nitrogen and oxygen atoms in total. The molecule has 2 atom stereocenters. The second kappa shape index (κ2) is 6.23. The third kappa shape index (κ3) is 3.04. The Kier molecular flexibility index (Phi) is 4.11. The van der Waals surface area contributed by atoms with E-state index in [-0.39, 0.29) is 12.0 Å². The molecule has 2 aromatic rings. The largest absolute Gasteiger partial charge is 0.446 e. The molecular formula is C21H24N2O3Si. The van der Waals surface area contributed by atoms with Gasteiger partial charge >= 0.3 is 6.09 Å². The highest BCUT2D eigenvalue weighted by molar-refractivity contribution is 6.76. The molecule has 1 spiro atoms. The lowest BCUT2D eigenvalue weighted by Crippen LogP contribution is -2.59. The summed E-state index contributed by atoms with van der Waals surface area (Å²) in [6, 6.07) is 18.1. The number of cyclic esters (lactones) is 1. The molecule has 1 N–H and O–H groups in total. The number of hydrogen-bond acceptors (Lipinski definition) is 3. The molecule has 0 aromatic heterocycles. The average molecular weight is 381 g/mol. The van der Waals surface area contributed by atoms with E-state index >= 15 is 0 Å². The molecule has 4 rings (SSSR count). The van der Waals surface area contributed by atoms with E-state index in [0.29, 0.717) is 6.42 Å². The number of benzene rings is 2. The minimum absolute atomic E-state index is 0.118. The van der Waals surface area contributed by atoms with Crippen LogP contribution in [0.4, 0.5) is 16.2 Å². The van der Waals surface area contributed by atoms with E-state index in [9.17, 15) is 9.59 Å². The van der Waals surface area contributed by atoms with Gasteiger partial charge in [0, 0.05) is 25.7 Å². The second-order valence-electron chi connectivity index (χ2n) is 8.52. The van der Waals surface area contributed by atoms with E-state index in [4.69, 9.17) is 4.74 Å². The van der Waals surface area contributed by atoms with E-state index in [0.717, 1.165) is 23.0 Å². The van der Waals surface area contributed by atoms with Crippen LogP contribution in [0.5, 0.6) is 0 Å². The minimum Gasteiger partial charge on any atom is -0.446 e. The Morgan fingerprint density at radius 1 is 1.07 bits per heavy atom. The summed E-state index contributed by atoms with van der Waals surface area (Å²) in [4.78, 5) is 27.8. The fourth-order valence-electron chi connectivity index (χ4n) is 4.18. The zero-order valence-electron chi connectivity index (χ0n) is 15.9. The van der Waals surface area contributed by atoms with Gasteiger partial charge in [0.1, 0.15) is 6.10 Å². The first-order valence-corrected chi connectivity index (χ1v) is 13.0. The van der Waals surface area contributed by atoms with Crippen LogP contribution in [0, 0.1) is 0 Å². The number of carbonyl (C=O) groups excluding carboxylic acids is 2. The summed E-state index contributed by atoms with van der Waals surface area (Å²) in [6.07, 6.45) is -0.303. The third-order valence-electron chi connectivity index (χ3n) is 5.15. The van der Waals surface area contributed by atoms with Gasteiger partial charge in [0.25, 0.3) is 5.91 Å². The van der Waals surface area contributed by atoms with Crippen LogP contribution in [0.2, 0.25) is 25.7 Å².